The van der Waals surface area contributed by atoms with Gasteiger partial charge in [-0.2, -0.15) is 0 Å². The molecule has 1 aromatic heterocycles. The highest BCUT2D eigenvalue weighted by atomic mass is 35.5. The quantitative estimate of drug-likeness (QED) is 0.899. The van der Waals surface area contributed by atoms with Crippen molar-refractivity contribution < 1.29 is 19.4 Å². The van der Waals surface area contributed by atoms with Crippen LogP contribution in [-0.2, 0) is 0 Å². The molecule has 0 unspecified atom stereocenters. The van der Waals surface area contributed by atoms with Crippen LogP contribution in [0.25, 0.3) is 0 Å². The number of amides is 1. The van der Waals surface area contributed by atoms with Gasteiger partial charge in [0.25, 0.3) is 5.91 Å². The first-order valence-electron chi connectivity index (χ1n) is 5.90. The lowest BCUT2D eigenvalue weighted by Gasteiger charge is -2.09. The van der Waals surface area contributed by atoms with E-state index in [1.165, 1.54) is 30.6 Å². The van der Waals surface area contributed by atoms with Crippen LogP contribution in [0.1, 0.15) is 25.6 Å². The molecule has 2 aromatic rings. The zero-order valence-electron chi connectivity index (χ0n) is 11.3. The van der Waals surface area contributed by atoms with Gasteiger partial charge in [-0.15, -0.1) is 11.3 Å². The number of ether oxygens (including phenoxy) is 1. The molecule has 110 valence electrons. The van der Waals surface area contributed by atoms with Crippen LogP contribution in [0.5, 0.6) is 5.75 Å². The lowest BCUT2D eigenvalue weighted by molar-refractivity contribution is 0.0697. The van der Waals surface area contributed by atoms with Crippen molar-refractivity contribution in [3.05, 3.63) is 44.6 Å². The number of carbonyl (C=O) groups is 2. The Balaban J connectivity index is 2.33. The van der Waals surface area contributed by atoms with E-state index in [1.54, 1.807) is 18.4 Å². The fourth-order valence-corrected chi connectivity index (χ4v) is 2.87. The molecular weight excluding hydrogens is 314 g/mol. The van der Waals surface area contributed by atoms with Gasteiger partial charge in [0.1, 0.15) is 10.6 Å². The topological polar surface area (TPSA) is 75.6 Å². The first-order chi connectivity index (χ1) is 9.93. The number of hydrogen-bond donors (Lipinski definition) is 2. The second kappa shape index (κ2) is 6.15. The summed E-state index contributed by atoms with van der Waals surface area (Å²) in [6, 6.07) is 4.40. The number of benzene rings is 1. The van der Waals surface area contributed by atoms with Gasteiger partial charge in [0.15, 0.2) is 0 Å². The summed E-state index contributed by atoms with van der Waals surface area (Å²) in [7, 11) is 1.44. The summed E-state index contributed by atoms with van der Waals surface area (Å²) < 4.78 is 4.98. The SMILES string of the molecule is COc1ccc(NC(=O)c2scc(C)c2Cl)c(C(=O)O)c1. The van der Waals surface area contributed by atoms with Crippen molar-refractivity contribution in [2.75, 3.05) is 12.4 Å². The van der Waals surface area contributed by atoms with Crippen LogP contribution in [0.2, 0.25) is 5.02 Å². The monoisotopic (exact) mass is 325 g/mol. The van der Waals surface area contributed by atoms with Crippen LogP contribution in [-0.4, -0.2) is 24.1 Å². The Kier molecular flexibility index (Phi) is 4.50. The van der Waals surface area contributed by atoms with E-state index >= 15 is 0 Å². The lowest BCUT2D eigenvalue weighted by atomic mass is 10.1. The molecule has 0 spiro atoms. The Bertz CT molecular complexity index is 711. The fourth-order valence-electron chi connectivity index (χ4n) is 1.70. The highest BCUT2D eigenvalue weighted by Crippen LogP contribution is 2.29. The molecule has 0 aliphatic carbocycles. The third-order valence-corrected chi connectivity index (χ3v) is 4.51. The van der Waals surface area contributed by atoms with Crippen LogP contribution in [0.3, 0.4) is 0 Å². The highest BCUT2D eigenvalue weighted by Gasteiger charge is 2.18. The number of carbonyl (C=O) groups excluding carboxylic acids is 1. The van der Waals surface area contributed by atoms with Gasteiger partial charge in [-0.05, 0) is 36.1 Å². The predicted octanol–water partition coefficient (Wildman–Crippen LogP) is 3.67. The molecule has 0 fully saturated rings. The largest absolute Gasteiger partial charge is 0.497 e. The number of halogens is 1. The van der Waals surface area contributed by atoms with Crippen molar-refractivity contribution in [1.82, 2.24) is 0 Å². The third-order valence-electron chi connectivity index (χ3n) is 2.81. The van der Waals surface area contributed by atoms with Crippen LogP contribution in [0.4, 0.5) is 5.69 Å². The van der Waals surface area contributed by atoms with E-state index < -0.39 is 11.9 Å². The highest BCUT2D eigenvalue weighted by molar-refractivity contribution is 7.13. The van der Waals surface area contributed by atoms with Crippen molar-refractivity contribution in [3.8, 4) is 5.75 Å². The number of carboxylic acids is 1. The first kappa shape index (κ1) is 15.3. The van der Waals surface area contributed by atoms with Crippen LogP contribution >= 0.6 is 22.9 Å². The molecule has 2 N–H and O–H groups in total. The normalized spacial score (nSPS) is 10.2. The van der Waals surface area contributed by atoms with Gasteiger partial charge >= 0.3 is 5.97 Å². The Morgan fingerprint density at radius 3 is 2.62 bits per heavy atom. The maximum absolute atomic E-state index is 12.2. The summed E-state index contributed by atoms with van der Waals surface area (Å²) in [6.07, 6.45) is 0. The van der Waals surface area contributed by atoms with E-state index in [0.29, 0.717) is 15.6 Å². The molecule has 0 aliphatic heterocycles. The number of anilines is 1. The average Bonchev–Trinajstić information content (AvgIpc) is 2.79. The van der Waals surface area contributed by atoms with Crippen molar-refractivity contribution in [3.63, 3.8) is 0 Å². The van der Waals surface area contributed by atoms with Gasteiger partial charge in [0.2, 0.25) is 0 Å². The van der Waals surface area contributed by atoms with Crippen molar-refractivity contribution in [2.24, 2.45) is 0 Å². The number of hydrogen-bond acceptors (Lipinski definition) is 4. The van der Waals surface area contributed by atoms with E-state index in [-0.39, 0.29) is 11.3 Å². The zero-order valence-corrected chi connectivity index (χ0v) is 12.8. The number of carboxylic acid groups (broad SMARTS) is 1. The van der Waals surface area contributed by atoms with Crippen molar-refractivity contribution in [2.45, 2.75) is 6.92 Å². The smallest absolute Gasteiger partial charge is 0.337 e. The molecule has 0 saturated carbocycles. The van der Waals surface area contributed by atoms with Gasteiger partial charge in [0.05, 0.1) is 23.4 Å². The van der Waals surface area contributed by atoms with Gasteiger partial charge in [-0.1, -0.05) is 11.6 Å². The number of nitrogens with one attached hydrogen (secondary N) is 1. The summed E-state index contributed by atoms with van der Waals surface area (Å²) in [5, 5.41) is 13.9. The minimum Gasteiger partial charge on any atom is -0.497 e. The molecule has 0 atom stereocenters. The van der Waals surface area contributed by atoms with Crippen LogP contribution in [0.15, 0.2) is 23.6 Å². The molecule has 1 heterocycles. The number of aromatic carboxylic acids is 1. The molecule has 0 saturated heterocycles. The molecule has 7 heteroatoms. The molecule has 21 heavy (non-hydrogen) atoms. The van der Waals surface area contributed by atoms with Crippen LogP contribution in [0, 0.1) is 6.92 Å². The number of thiophene rings is 1. The van der Waals surface area contributed by atoms with Gasteiger partial charge in [-0.3, -0.25) is 4.79 Å². The Morgan fingerprint density at radius 2 is 2.10 bits per heavy atom. The van der Waals surface area contributed by atoms with E-state index in [2.05, 4.69) is 5.32 Å². The van der Waals surface area contributed by atoms with E-state index in [0.717, 1.165) is 5.56 Å². The summed E-state index contributed by atoms with van der Waals surface area (Å²) in [6.45, 7) is 1.80. The molecule has 2 rings (SSSR count). The zero-order chi connectivity index (χ0) is 15.6. The Morgan fingerprint density at radius 1 is 1.38 bits per heavy atom. The molecule has 0 radical (unpaired) electrons. The molecule has 0 bridgehead atoms. The number of rotatable bonds is 4. The number of aryl methyl sites for hydroxylation is 1. The summed E-state index contributed by atoms with van der Waals surface area (Å²) in [5.74, 6) is -1.20. The summed E-state index contributed by atoms with van der Waals surface area (Å²) in [5.41, 5.74) is 0.947. The minimum absolute atomic E-state index is 0.0490. The maximum atomic E-state index is 12.2. The summed E-state index contributed by atoms with van der Waals surface area (Å²) >= 11 is 7.24. The van der Waals surface area contributed by atoms with Gasteiger partial charge in [0, 0.05) is 0 Å². The molecule has 1 aromatic carbocycles. The molecule has 1 amide bonds. The fraction of sp³-hybridized carbons (Fsp3) is 0.143. The van der Waals surface area contributed by atoms with E-state index in [9.17, 15) is 14.7 Å². The Labute approximate surface area is 130 Å². The lowest BCUT2D eigenvalue weighted by Crippen LogP contribution is -2.14. The number of methoxy groups -OCH3 is 1. The average molecular weight is 326 g/mol. The van der Waals surface area contributed by atoms with E-state index in [1.807, 2.05) is 0 Å². The van der Waals surface area contributed by atoms with E-state index in [4.69, 9.17) is 16.3 Å². The van der Waals surface area contributed by atoms with Crippen LogP contribution < -0.4 is 10.1 Å². The standard InChI is InChI=1S/C14H12ClNO4S/c1-7-6-21-12(11(7)15)13(17)16-10-4-3-8(20-2)5-9(10)14(18)19/h3-6H,1-2H3,(H,16,17)(H,18,19). The second-order valence-electron chi connectivity index (χ2n) is 4.23. The van der Waals surface area contributed by atoms with Gasteiger partial charge in [-0.25, -0.2) is 4.79 Å². The summed E-state index contributed by atoms with van der Waals surface area (Å²) in [4.78, 5) is 23.8. The first-order valence-corrected chi connectivity index (χ1v) is 7.16. The van der Waals surface area contributed by atoms with Crippen molar-refractivity contribution >= 4 is 40.5 Å². The minimum atomic E-state index is -1.15. The van der Waals surface area contributed by atoms with Gasteiger partial charge < -0.3 is 15.2 Å². The van der Waals surface area contributed by atoms with Crippen molar-refractivity contribution in [1.29, 1.82) is 0 Å². The predicted molar refractivity (Wildman–Crippen MR) is 82.0 cm³/mol. The Hall–Kier alpha value is -2.05. The second-order valence-corrected chi connectivity index (χ2v) is 5.49. The molecule has 5 nitrogen and oxygen atoms in total. The maximum Gasteiger partial charge on any atom is 0.337 e. The molecule has 0 aliphatic rings. The molecular formula is C14H12ClNO4S. The third kappa shape index (κ3) is 3.17.